The number of carboxylic acids is 2. The molecule has 2 aliphatic carbocycles. The molecule has 0 unspecified atom stereocenters. The first-order chi connectivity index (χ1) is 12.6. The van der Waals surface area contributed by atoms with E-state index in [1.807, 2.05) is 0 Å². The zero-order valence-electron chi connectivity index (χ0n) is 14.1. The quantitative estimate of drug-likeness (QED) is 0.853. The molecule has 2 saturated carbocycles. The van der Waals surface area contributed by atoms with Crippen LogP contribution >= 0.6 is 0 Å². The van der Waals surface area contributed by atoms with E-state index in [4.69, 9.17) is 10.2 Å². The van der Waals surface area contributed by atoms with Gasteiger partial charge < -0.3 is 10.2 Å². The first-order valence-electron chi connectivity index (χ1n) is 8.57. The van der Waals surface area contributed by atoms with E-state index in [-0.39, 0.29) is 23.7 Å². The van der Waals surface area contributed by atoms with E-state index >= 15 is 0 Å². The van der Waals surface area contributed by atoms with E-state index < -0.39 is 11.9 Å². The highest BCUT2D eigenvalue weighted by Crippen LogP contribution is 2.41. The van der Waals surface area contributed by atoms with Gasteiger partial charge in [0, 0.05) is 36.6 Å². The lowest BCUT2D eigenvalue weighted by Crippen LogP contribution is -2.32. The van der Waals surface area contributed by atoms with Gasteiger partial charge in [0.05, 0.1) is 11.8 Å². The maximum atomic E-state index is 10.7. The molecule has 0 bridgehead atoms. The summed E-state index contributed by atoms with van der Waals surface area (Å²) in [5.41, 5.74) is 0. The Balaban J connectivity index is 0.000000151. The summed E-state index contributed by atoms with van der Waals surface area (Å²) in [7, 11) is 0. The van der Waals surface area contributed by atoms with Crippen molar-refractivity contribution in [3.8, 4) is 0 Å². The normalized spacial score (nSPS) is 26.5. The lowest BCUT2D eigenvalue weighted by atomic mass is 9.73. The number of hydrogen-bond acceptors (Lipinski definition) is 6. The maximum absolute atomic E-state index is 10.7. The van der Waals surface area contributed by atoms with E-state index in [2.05, 4.69) is 19.9 Å². The van der Waals surface area contributed by atoms with Gasteiger partial charge in [-0.25, -0.2) is 19.9 Å². The Morgan fingerprint density at radius 3 is 1.27 bits per heavy atom. The van der Waals surface area contributed by atoms with Crippen molar-refractivity contribution in [3.05, 3.63) is 48.6 Å². The van der Waals surface area contributed by atoms with Crippen molar-refractivity contribution in [1.29, 1.82) is 0 Å². The molecule has 0 saturated heterocycles. The SMILES string of the molecule is O=C(O)[C@@H]1CC[C@@H]1c1ncccn1.O=C(O)[C@H]1CC[C@@H]1c1ncccn1. The van der Waals surface area contributed by atoms with Crippen molar-refractivity contribution < 1.29 is 19.8 Å². The second-order valence-electron chi connectivity index (χ2n) is 6.47. The Morgan fingerprint density at radius 2 is 1.04 bits per heavy atom. The van der Waals surface area contributed by atoms with Gasteiger partial charge in [-0.05, 0) is 37.8 Å². The Bertz CT molecular complexity index is 691. The van der Waals surface area contributed by atoms with Gasteiger partial charge >= 0.3 is 11.9 Å². The molecule has 2 aromatic heterocycles. The highest BCUT2D eigenvalue weighted by atomic mass is 16.4. The van der Waals surface area contributed by atoms with E-state index in [1.165, 1.54) is 0 Å². The largest absolute Gasteiger partial charge is 0.481 e. The summed E-state index contributed by atoms with van der Waals surface area (Å²) in [4.78, 5) is 37.7. The number of aromatic nitrogens is 4. The molecule has 0 aromatic carbocycles. The number of hydrogen-bond donors (Lipinski definition) is 2. The summed E-state index contributed by atoms with van der Waals surface area (Å²) in [5, 5.41) is 17.6. The van der Waals surface area contributed by atoms with Crippen LogP contribution in [0.2, 0.25) is 0 Å². The number of aliphatic carboxylic acids is 2. The molecule has 2 fully saturated rings. The predicted molar refractivity (Wildman–Crippen MR) is 90.3 cm³/mol. The van der Waals surface area contributed by atoms with Crippen LogP contribution in [0.1, 0.15) is 49.2 Å². The summed E-state index contributed by atoms with van der Waals surface area (Å²) >= 11 is 0. The van der Waals surface area contributed by atoms with Crippen LogP contribution < -0.4 is 0 Å². The van der Waals surface area contributed by atoms with Gasteiger partial charge in [-0.2, -0.15) is 0 Å². The fourth-order valence-corrected chi connectivity index (χ4v) is 3.21. The second kappa shape index (κ2) is 7.99. The molecular formula is C18H20N4O4. The minimum atomic E-state index is -0.733. The first-order valence-corrected chi connectivity index (χ1v) is 8.57. The third-order valence-electron chi connectivity index (χ3n) is 5.02. The monoisotopic (exact) mass is 356 g/mol. The maximum Gasteiger partial charge on any atom is 0.307 e. The summed E-state index contributed by atoms with van der Waals surface area (Å²) in [6.07, 6.45) is 9.89. The van der Waals surface area contributed by atoms with Crippen LogP contribution in [0, 0.1) is 11.8 Å². The van der Waals surface area contributed by atoms with Crippen LogP contribution in [-0.2, 0) is 9.59 Å². The molecule has 0 aliphatic heterocycles. The molecule has 2 aliphatic rings. The van der Waals surface area contributed by atoms with Crippen LogP contribution in [0.5, 0.6) is 0 Å². The standard InChI is InChI=1S/2C9H10N2O2/c2*12-9(13)7-3-2-6(7)8-10-4-1-5-11-8/h2*1,4-7H,2-3H2,(H,12,13)/t6-,7+;6-,7-/m00/s1. The topological polar surface area (TPSA) is 126 Å². The van der Waals surface area contributed by atoms with E-state index in [1.54, 1.807) is 36.9 Å². The molecule has 8 nitrogen and oxygen atoms in total. The second-order valence-corrected chi connectivity index (χ2v) is 6.47. The number of carboxylic acid groups (broad SMARTS) is 2. The molecule has 0 amide bonds. The third-order valence-corrected chi connectivity index (χ3v) is 5.02. The van der Waals surface area contributed by atoms with Crippen molar-refractivity contribution in [2.75, 3.05) is 0 Å². The van der Waals surface area contributed by atoms with Crippen LogP contribution in [-0.4, -0.2) is 42.1 Å². The van der Waals surface area contributed by atoms with Gasteiger partial charge in [0.2, 0.25) is 0 Å². The van der Waals surface area contributed by atoms with E-state index in [0.29, 0.717) is 11.6 Å². The smallest absolute Gasteiger partial charge is 0.307 e. The van der Waals surface area contributed by atoms with Crippen molar-refractivity contribution in [1.82, 2.24) is 19.9 Å². The van der Waals surface area contributed by atoms with Crippen LogP contribution in [0.25, 0.3) is 0 Å². The fourth-order valence-electron chi connectivity index (χ4n) is 3.21. The Morgan fingerprint density at radius 1 is 0.692 bits per heavy atom. The molecular weight excluding hydrogens is 336 g/mol. The van der Waals surface area contributed by atoms with Crippen molar-refractivity contribution >= 4 is 11.9 Å². The van der Waals surface area contributed by atoms with E-state index in [0.717, 1.165) is 25.7 Å². The summed E-state index contributed by atoms with van der Waals surface area (Å²) in [6, 6.07) is 3.47. The molecule has 0 spiro atoms. The van der Waals surface area contributed by atoms with Crippen LogP contribution in [0.4, 0.5) is 0 Å². The Kier molecular flexibility index (Phi) is 5.50. The van der Waals surface area contributed by atoms with Crippen molar-refractivity contribution in [3.63, 3.8) is 0 Å². The molecule has 136 valence electrons. The zero-order valence-corrected chi connectivity index (χ0v) is 14.1. The molecule has 2 aromatic rings. The summed E-state index contributed by atoms with van der Waals surface area (Å²) < 4.78 is 0. The van der Waals surface area contributed by atoms with Gasteiger partial charge in [-0.1, -0.05) is 0 Å². The summed E-state index contributed by atoms with van der Waals surface area (Å²) in [5.74, 6) is -0.628. The van der Waals surface area contributed by atoms with Gasteiger partial charge in [0.15, 0.2) is 0 Å². The van der Waals surface area contributed by atoms with Gasteiger partial charge in [0.1, 0.15) is 11.6 Å². The Hall–Kier alpha value is -2.90. The van der Waals surface area contributed by atoms with E-state index in [9.17, 15) is 9.59 Å². The Labute approximate surface area is 150 Å². The average molecular weight is 356 g/mol. The first kappa shape index (κ1) is 17.9. The molecule has 4 rings (SSSR count). The lowest BCUT2D eigenvalue weighted by molar-refractivity contribution is -0.146. The minimum Gasteiger partial charge on any atom is -0.481 e. The van der Waals surface area contributed by atoms with Crippen LogP contribution in [0.3, 0.4) is 0 Å². The summed E-state index contributed by atoms with van der Waals surface area (Å²) in [6.45, 7) is 0. The number of rotatable bonds is 4. The lowest BCUT2D eigenvalue weighted by Gasteiger charge is -2.31. The fraction of sp³-hybridized carbons (Fsp3) is 0.444. The molecule has 2 N–H and O–H groups in total. The minimum absolute atomic E-state index is 0.0266. The van der Waals surface area contributed by atoms with Gasteiger partial charge in [-0.15, -0.1) is 0 Å². The third kappa shape index (κ3) is 3.84. The zero-order chi connectivity index (χ0) is 18.5. The molecule has 8 heteroatoms. The average Bonchev–Trinajstić information content (AvgIpc) is 2.54. The highest BCUT2D eigenvalue weighted by molar-refractivity contribution is 5.72. The van der Waals surface area contributed by atoms with Crippen LogP contribution in [0.15, 0.2) is 36.9 Å². The van der Waals surface area contributed by atoms with Gasteiger partial charge in [-0.3, -0.25) is 9.59 Å². The number of carbonyl (C=O) groups is 2. The molecule has 2 heterocycles. The number of nitrogens with zero attached hydrogens (tertiary/aromatic N) is 4. The van der Waals surface area contributed by atoms with Crippen molar-refractivity contribution in [2.24, 2.45) is 11.8 Å². The highest BCUT2D eigenvalue weighted by Gasteiger charge is 2.39. The van der Waals surface area contributed by atoms with Crippen molar-refractivity contribution in [2.45, 2.75) is 37.5 Å². The molecule has 0 radical (unpaired) electrons. The predicted octanol–water partition coefficient (Wildman–Crippen LogP) is 2.11. The van der Waals surface area contributed by atoms with Gasteiger partial charge in [0.25, 0.3) is 0 Å². The molecule has 26 heavy (non-hydrogen) atoms. The molecule has 4 atom stereocenters.